The molecule has 1 N–H and O–H groups in total. The predicted octanol–water partition coefficient (Wildman–Crippen LogP) is 3.01. The molecule has 4 rings (SSSR count). The number of aromatic nitrogens is 2. The number of nitrogens with zero attached hydrogens (tertiary/aromatic N) is 3. The van der Waals surface area contributed by atoms with Crippen LogP contribution in [0.25, 0.3) is 10.9 Å². The van der Waals surface area contributed by atoms with Gasteiger partial charge in [0.05, 0.1) is 16.6 Å². The van der Waals surface area contributed by atoms with E-state index in [1.807, 2.05) is 35.2 Å². The normalized spacial score (nSPS) is 16.0. The second kappa shape index (κ2) is 8.57. The van der Waals surface area contributed by atoms with Crippen molar-refractivity contribution in [2.45, 2.75) is 31.2 Å². The van der Waals surface area contributed by atoms with Crippen molar-refractivity contribution in [3.8, 4) is 0 Å². The van der Waals surface area contributed by atoms with Crippen LogP contribution in [0.3, 0.4) is 0 Å². The van der Waals surface area contributed by atoms with Gasteiger partial charge in [-0.05, 0) is 42.5 Å². The van der Waals surface area contributed by atoms with Crippen LogP contribution in [0.4, 0.5) is 0 Å². The van der Waals surface area contributed by atoms with E-state index in [9.17, 15) is 13.2 Å². The molecule has 0 aliphatic carbocycles. The largest absolute Gasteiger partial charge is 0.338 e. The Labute approximate surface area is 176 Å². The van der Waals surface area contributed by atoms with Gasteiger partial charge in [0.15, 0.2) is 0 Å². The molecule has 2 aromatic carbocycles. The number of carbonyl (C=O) groups excluding carboxylic acids is 1. The third-order valence-corrected chi connectivity index (χ3v) is 7.66. The topological polar surface area (TPSA) is 86.4 Å². The van der Waals surface area contributed by atoms with E-state index < -0.39 is 10.0 Å². The molecule has 1 fully saturated rings. The molecule has 3 aromatic rings. The van der Waals surface area contributed by atoms with E-state index in [4.69, 9.17) is 0 Å². The summed E-state index contributed by atoms with van der Waals surface area (Å²) < 4.78 is 27.7. The number of hydrogen-bond acceptors (Lipinski definition) is 4. The molecule has 0 spiro atoms. The molecule has 30 heavy (non-hydrogen) atoms. The van der Waals surface area contributed by atoms with Crippen LogP contribution in [0.1, 0.15) is 25.3 Å². The van der Waals surface area contributed by atoms with Crippen LogP contribution in [0.2, 0.25) is 0 Å². The summed E-state index contributed by atoms with van der Waals surface area (Å²) in [6.45, 7) is 3.75. The van der Waals surface area contributed by atoms with Crippen molar-refractivity contribution >= 4 is 26.8 Å². The highest BCUT2D eigenvalue weighted by molar-refractivity contribution is 7.89. The van der Waals surface area contributed by atoms with E-state index in [-0.39, 0.29) is 10.8 Å². The Morgan fingerprint density at radius 2 is 1.90 bits per heavy atom. The van der Waals surface area contributed by atoms with Crippen LogP contribution in [-0.2, 0) is 21.4 Å². The number of aromatic amines is 1. The maximum absolute atomic E-state index is 13.1. The number of carbonyl (C=O) groups is 1. The van der Waals surface area contributed by atoms with E-state index in [1.165, 1.54) is 0 Å². The number of amides is 1. The van der Waals surface area contributed by atoms with E-state index in [0.29, 0.717) is 37.6 Å². The number of rotatable bonds is 6. The molecule has 1 amide bonds. The maximum atomic E-state index is 13.1. The summed E-state index contributed by atoms with van der Waals surface area (Å²) in [5.74, 6) is 0.334. The summed E-state index contributed by atoms with van der Waals surface area (Å²) in [5.41, 5.74) is 1.81. The Bertz CT molecular complexity index is 1120. The maximum Gasteiger partial charge on any atom is 0.243 e. The van der Waals surface area contributed by atoms with Crippen LogP contribution in [0, 0.1) is 5.92 Å². The summed E-state index contributed by atoms with van der Waals surface area (Å²) in [7, 11) is -3.54. The van der Waals surface area contributed by atoms with E-state index in [0.717, 1.165) is 23.8 Å². The van der Waals surface area contributed by atoms with Crippen LogP contribution in [0.5, 0.6) is 0 Å². The third kappa shape index (κ3) is 4.39. The smallest absolute Gasteiger partial charge is 0.243 e. The third-order valence-electron chi connectivity index (χ3n) is 5.76. The molecule has 158 valence electrons. The summed E-state index contributed by atoms with van der Waals surface area (Å²) in [5, 5.41) is 7.66. The number of nitrogens with one attached hydrogen (secondary N) is 1. The van der Waals surface area contributed by atoms with Gasteiger partial charge >= 0.3 is 0 Å². The predicted molar refractivity (Wildman–Crippen MR) is 115 cm³/mol. The summed E-state index contributed by atoms with van der Waals surface area (Å²) >= 11 is 0. The molecule has 0 bridgehead atoms. The molecule has 1 aliphatic heterocycles. The monoisotopic (exact) mass is 426 g/mol. The minimum Gasteiger partial charge on any atom is -0.338 e. The molecular formula is C22H26N4O3S. The fourth-order valence-corrected chi connectivity index (χ4v) is 5.47. The van der Waals surface area contributed by atoms with Crippen molar-refractivity contribution in [2.75, 3.05) is 19.6 Å². The van der Waals surface area contributed by atoms with Crippen molar-refractivity contribution in [3.05, 3.63) is 60.3 Å². The molecule has 7 nitrogen and oxygen atoms in total. The lowest BCUT2D eigenvalue weighted by molar-refractivity contribution is -0.130. The quantitative estimate of drug-likeness (QED) is 0.656. The molecule has 0 atom stereocenters. The number of fused-ring (bicyclic) bond motifs is 1. The van der Waals surface area contributed by atoms with Crippen LogP contribution in [-0.4, -0.2) is 53.4 Å². The fraction of sp³-hybridized carbons (Fsp3) is 0.364. The van der Waals surface area contributed by atoms with Gasteiger partial charge in [0.1, 0.15) is 0 Å². The zero-order chi connectivity index (χ0) is 21.1. The zero-order valence-corrected chi connectivity index (χ0v) is 17.8. The molecular weight excluding hydrogens is 400 g/mol. The van der Waals surface area contributed by atoms with Crippen LogP contribution in [0.15, 0.2) is 59.6 Å². The zero-order valence-electron chi connectivity index (χ0n) is 17.0. The lowest BCUT2D eigenvalue weighted by Crippen LogP contribution is -2.42. The molecule has 8 heteroatoms. The second-order valence-electron chi connectivity index (χ2n) is 7.85. The summed E-state index contributed by atoms with van der Waals surface area (Å²) in [6.07, 6.45) is 3.15. The first-order chi connectivity index (χ1) is 14.4. The van der Waals surface area contributed by atoms with Gasteiger partial charge in [0.25, 0.3) is 0 Å². The Morgan fingerprint density at radius 3 is 2.60 bits per heavy atom. The molecule has 0 radical (unpaired) electrons. The Kier molecular flexibility index (Phi) is 5.87. The van der Waals surface area contributed by atoms with Crippen LogP contribution < -0.4 is 0 Å². The van der Waals surface area contributed by atoms with Gasteiger partial charge in [0.2, 0.25) is 15.9 Å². The summed E-state index contributed by atoms with van der Waals surface area (Å²) in [4.78, 5) is 14.3. The molecule has 1 aromatic heterocycles. The van der Waals surface area contributed by atoms with Crippen molar-refractivity contribution in [2.24, 2.45) is 5.92 Å². The van der Waals surface area contributed by atoms with Gasteiger partial charge in [0, 0.05) is 38.5 Å². The van der Waals surface area contributed by atoms with Crippen molar-refractivity contribution in [3.63, 3.8) is 0 Å². The lowest BCUT2D eigenvalue weighted by Gasteiger charge is -2.34. The van der Waals surface area contributed by atoms with Gasteiger partial charge in [-0.2, -0.15) is 9.40 Å². The lowest BCUT2D eigenvalue weighted by atomic mass is 9.97. The Hall–Kier alpha value is -2.71. The van der Waals surface area contributed by atoms with Crippen molar-refractivity contribution < 1.29 is 13.2 Å². The highest BCUT2D eigenvalue weighted by atomic mass is 32.2. The van der Waals surface area contributed by atoms with Gasteiger partial charge in [-0.15, -0.1) is 0 Å². The molecule has 0 saturated carbocycles. The standard InChI is InChI=1S/C22H26N4O3S/c1-17(27)25(15-18-5-3-2-4-6-18)16-19-9-11-26(12-10-19)30(28,29)21-8-7-20-14-23-24-22(20)13-21/h2-8,13-14,19H,9-12,15-16H2,1H3,(H,23,24). The highest BCUT2D eigenvalue weighted by Gasteiger charge is 2.30. The number of benzene rings is 2. The van der Waals surface area contributed by atoms with E-state index in [1.54, 1.807) is 35.6 Å². The minimum absolute atomic E-state index is 0.0433. The number of hydrogen-bond donors (Lipinski definition) is 1. The average Bonchev–Trinajstić information content (AvgIpc) is 3.22. The first kappa shape index (κ1) is 20.6. The number of sulfonamides is 1. The first-order valence-electron chi connectivity index (χ1n) is 10.2. The molecule has 0 unspecified atom stereocenters. The highest BCUT2D eigenvalue weighted by Crippen LogP contribution is 2.26. The second-order valence-corrected chi connectivity index (χ2v) is 9.79. The van der Waals surface area contributed by atoms with Crippen molar-refractivity contribution in [1.29, 1.82) is 0 Å². The Morgan fingerprint density at radius 1 is 1.17 bits per heavy atom. The number of piperidine rings is 1. The molecule has 2 heterocycles. The van der Waals surface area contributed by atoms with E-state index in [2.05, 4.69) is 10.2 Å². The van der Waals surface area contributed by atoms with Gasteiger partial charge in [-0.3, -0.25) is 9.89 Å². The first-order valence-corrected chi connectivity index (χ1v) is 11.6. The minimum atomic E-state index is -3.54. The molecule has 1 aliphatic rings. The number of H-pyrrole nitrogens is 1. The van der Waals surface area contributed by atoms with Gasteiger partial charge in [-0.25, -0.2) is 8.42 Å². The molecule has 1 saturated heterocycles. The van der Waals surface area contributed by atoms with Gasteiger partial charge in [-0.1, -0.05) is 30.3 Å². The van der Waals surface area contributed by atoms with Gasteiger partial charge < -0.3 is 4.90 Å². The summed E-state index contributed by atoms with van der Waals surface area (Å²) in [6, 6.07) is 15.0. The SMILES string of the molecule is CC(=O)N(Cc1ccccc1)CC1CCN(S(=O)(=O)c2ccc3cn[nH]c3c2)CC1. The van der Waals surface area contributed by atoms with Crippen LogP contribution >= 0.6 is 0 Å². The van der Waals surface area contributed by atoms with E-state index >= 15 is 0 Å². The average molecular weight is 427 g/mol. The Balaban J connectivity index is 1.39. The fourth-order valence-electron chi connectivity index (χ4n) is 3.98. The van der Waals surface area contributed by atoms with Crippen molar-refractivity contribution in [1.82, 2.24) is 19.4 Å².